The summed E-state index contributed by atoms with van der Waals surface area (Å²) in [4.78, 5) is 15.8. The second kappa shape index (κ2) is 7.28. The summed E-state index contributed by atoms with van der Waals surface area (Å²) in [6.45, 7) is 4.88. The van der Waals surface area contributed by atoms with Gasteiger partial charge in [0.2, 0.25) is 0 Å². The summed E-state index contributed by atoms with van der Waals surface area (Å²) in [5.74, 6) is 0.891. The zero-order chi connectivity index (χ0) is 16.2. The SMILES string of the molecule is CNCC1CCN(C(=O)c2sccc2-c2ccc(C)cc2)CC1. The number of nitrogens with zero attached hydrogens (tertiary/aromatic N) is 1. The molecule has 1 saturated heterocycles. The predicted molar refractivity (Wildman–Crippen MR) is 97.0 cm³/mol. The van der Waals surface area contributed by atoms with Crippen LogP contribution in [0.1, 0.15) is 28.1 Å². The molecule has 23 heavy (non-hydrogen) atoms. The number of carbonyl (C=O) groups is 1. The summed E-state index contributed by atoms with van der Waals surface area (Å²) < 4.78 is 0. The van der Waals surface area contributed by atoms with E-state index < -0.39 is 0 Å². The van der Waals surface area contributed by atoms with Gasteiger partial charge in [0.25, 0.3) is 5.91 Å². The van der Waals surface area contributed by atoms with E-state index >= 15 is 0 Å². The van der Waals surface area contributed by atoms with E-state index in [4.69, 9.17) is 0 Å². The average molecular weight is 328 g/mol. The summed E-state index contributed by atoms with van der Waals surface area (Å²) in [6.07, 6.45) is 2.19. The van der Waals surface area contributed by atoms with Gasteiger partial charge in [0.05, 0.1) is 4.88 Å². The number of benzene rings is 1. The third kappa shape index (κ3) is 3.65. The van der Waals surface area contributed by atoms with Crippen molar-refractivity contribution in [1.82, 2.24) is 10.2 Å². The van der Waals surface area contributed by atoms with Gasteiger partial charge in [-0.1, -0.05) is 29.8 Å². The van der Waals surface area contributed by atoms with E-state index in [9.17, 15) is 4.79 Å². The standard InChI is InChI=1S/C19H24N2OS/c1-14-3-5-16(6-4-14)17-9-12-23-18(17)19(22)21-10-7-15(8-11-21)13-20-2/h3-6,9,12,15,20H,7-8,10-11,13H2,1-2H3. The van der Waals surface area contributed by atoms with Gasteiger partial charge in [-0.2, -0.15) is 0 Å². The molecule has 0 bridgehead atoms. The lowest BCUT2D eigenvalue weighted by molar-refractivity contribution is 0.0696. The molecule has 1 fully saturated rings. The smallest absolute Gasteiger partial charge is 0.264 e. The first kappa shape index (κ1) is 16.2. The minimum Gasteiger partial charge on any atom is -0.338 e. The van der Waals surface area contributed by atoms with Gasteiger partial charge in [-0.05, 0) is 56.3 Å². The van der Waals surface area contributed by atoms with Crippen LogP contribution in [0.15, 0.2) is 35.7 Å². The van der Waals surface area contributed by atoms with Crippen LogP contribution in [0.4, 0.5) is 0 Å². The van der Waals surface area contributed by atoms with Crippen molar-refractivity contribution in [3.8, 4) is 11.1 Å². The second-order valence-electron chi connectivity index (χ2n) is 6.32. The zero-order valence-corrected chi connectivity index (χ0v) is 14.7. The number of nitrogens with one attached hydrogen (secondary N) is 1. The number of likely N-dealkylation sites (tertiary alicyclic amines) is 1. The van der Waals surface area contributed by atoms with Crippen molar-refractivity contribution in [3.05, 3.63) is 46.2 Å². The quantitative estimate of drug-likeness (QED) is 0.926. The van der Waals surface area contributed by atoms with Crippen LogP contribution in [0.3, 0.4) is 0 Å². The summed E-state index contributed by atoms with van der Waals surface area (Å²) in [7, 11) is 2.00. The predicted octanol–water partition coefficient (Wildman–Crippen LogP) is 3.80. The normalized spacial score (nSPS) is 15.8. The number of piperidine rings is 1. The molecule has 0 atom stereocenters. The fourth-order valence-electron chi connectivity index (χ4n) is 3.21. The number of hydrogen-bond donors (Lipinski definition) is 1. The molecule has 4 heteroatoms. The molecule has 1 aromatic heterocycles. The molecule has 0 saturated carbocycles. The van der Waals surface area contributed by atoms with Crippen molar-refractivity contribution in [1.29, 1.82) is 0 Å². The first-order chi connectivity index (χ1) is 11.2. The summed E-state index contributed by atoms with van der Waals surface area (Å²) >= 11 is 1.56. The molecule has 0 unspecified atom stereocenters. The summed E-state index contributed by atoms with van der Waals surface area (Å²) in [5, 5.41) is 5.27. The molecular formula is C19H24N2OS. The van der Waals surface area contributed by atoms with E-state index in [0.717, 1.165) is 48.5 Å². The van der Waals surface area contributed by atoms with Crippen LogP contribution >= 0.6 is 11.3 Å². The molecule has 1 aliphatic rings. The van der Waals surface area contributed by atoms with E-state index in [1.54, 1.807) is 11.3 Å². The van der Waals surface area contributed by atoms with Crippen LogP contribution in [0, 0.1) is 12.8 Å². The molecule has 1 aromatic carbocycles. The molecule has 122 valence electrons. The number of carbonyl (C=O) groups excluding carboxylic acids is 1. The minimum absolute atomic E-state index is 0.193. The average Bonchev–Trinajstić information content (AvgIpc) is 3.05. The lowest BCUT2D eigenvalue weighted by Crippen LogP contribution is -2.40. The molecule has 0 aliphatic carbocycles. The molecule has 1 N–H and O–H groups in total. The highest BCUT2D eigenvalue weighted by molar-refractivity contribution is 7.12. The minimum atomic E-state index is 0.193. The molecule has 1 aliphatic heterocycles. The van der Waals surface area contributed by atoms with Crippen LogP contribution in [-0.2, 0) is 0 Å². The van der Waals surface area contributed by atoms with Gasteiger partial charge in [-0.25, -0.2) is 0 Å². The van der Waals surface area contributed by atoms with Crippen LogP contribution in [-0.4, -0.2) is 37.5 Å². The van der Waals surface area contributed by atoms with Gasteiger partial charge >= 0.3 is 0 Å². The Balaban J connectivity index is 1.74. The summed E-state index contributed by atoms with van der Waals surface area (Å²) in [6, 6.07) is 10.5. The van der Waals surface area contributed by atoms with Gasteiger partial charge in [-0.3, -0.25) is 4.79 Å². The maximum atomic E-state index is 12.9. The Labute approximate surface area is 142 Å². The fourth-order valence-corrected chi connectivity index (χ4v) is 4.09. The van der Waals surface area contributed by atoms with Crippen molar-refractivity contribution < 1.29 is 4.79 Å². The van der Waals surface area contributed by atoms with E-state index in [2.05, 4.69) is 42.6 Å². The van der Waals surface area contributed by atoms with Crippen LogP contribution in [0.25, 0.3) is 11.1 Å². The van der Waals surface area contributed by atoms with E-state index in [1.807, 2.05) is 17.3 Å². The van der Waals surface area contributed by atoms with Gasteiger partial charge in [0.1, 0.15) is 0 Å². The number of thiophene rings is 1. The Kier molecular flexibility index (Phi) is 5.13. The first-order valence-electron chi connectivity index (χ1n) is 8.27. The number of aryl methyl sites for hydroxylation is 1. The van der Waals surface area contributed by atoms with Gasteiger partial charge in [0, 0.05) is 18.7 Å². The maximum Gasteiger partial charge on any atom is 0.264 e. The number of rotatable bonds is 4. The van der Waals surface area contributed by atoms with Crippen molar-refractivity contribution in [3.63, 3.8) is 0 Å². The van der Waals surface area contributed by atoms with Gasteiger partial charge in [-0.15, -0.1) is 11.3 Å². The van der Waals surface area contributed by atoms with Gasteiger partial charge in [0.15, 0.2) is 0 Å². The number of hydrogen-bond acceptors (Lipinski definition) is 3. The van der Waals surface area contributed by atoms with Crippen LogP contribution < -0.4 is 5.32 Å². The Hall–Kier alpha value is -1.65. The highest BCUT2D eigenvalue weighted by atomic mass is 32.1. The molecule has 1 amide bonds. The first-order valence-corrected chi connectivity index (χ1v) is 9.15. The molecule has 0 spiro atoms. The second-order valence-corrected chi connectivity index (χ2v) is 7.24. The van der Waals surface area contributed by atoms with Gasteiger partial charge < -0.3 is 10.2 Å². The molecule has 3 rings (SSSR count). The van der Waals surface area contributed by atoms with E-state index in [0.29, 0.717) is 5.92 Å². The van der Waals surface area contributed by atoms with E-state index in [-0.39, 0.29) is 5.91 Å². The van der Waals surface area contributed by atoms with Crippen molar-refractivity contribution >= 4 is 17.2 Å². The Bertz CT molecular complexity index is 654. The largest absolute Gasteiger partial charge is 0.338 e. The fraction of sp³-hybridized carbons (Fsp3) is 0.421. The monoisotopic (exact) mass is 328 g/mol. The van der Waals surface area contributed by atoms with Crippen molar-refractivity contribution in [2.45, 2.75) is 19.8 Å². The highest BCUT2D eigenvalue weighted by Gasteiger charge is 2.25. The molecule has 0 radical (unpaired) electrons. The Morgan fingerprint density at radius 3 is 2.57 bits per heavy atom. The third-order valence-corrected chi connectivity index (χ3v) is 5.52. The lowest BCUT2D eigenvalue weighted by Gasteiger charge is -2.32. The highest BCUT2D eigenvalue weighted by Crippen LogP contribution is 2.30. The van der Waals surface area contributed by atoms with Crippen LogP contribution in [0.5, 0.6) is 0 Å². The number of amides is 1. The third-order valence-electron chi connectivity index (χ3n) is 4.62. The van der Waals surface area contributed by atoms with Crippen molar-refractivity contribution in [2.24, 2.45) is 5.92 Å². The molecule has 2 aromatic rings. The molecule has 2 heterocycles. The topological polar surface area (TPSA) is 32.3 Å². The Morgan fingerprint density at radius 2 is 1.91 bits per heavy atom. The zero-order valence-electron chi connectivity index (χ0n) is 13.8. The Morgan fingerprint density at radius 1 is 1.22 bits per heavy atom. The molecule has 3 nitrogen and oxygen atoms in total. The molecular weight excluding hydrogens is 304 g/mol. The summed E-state index contributed by atoms with van der Waals surface area (Å²) in [5.41, 5.74) is 3.44. The lowest BCUT2D eigenvalue weighted by atomic mass is 9.96. The van der Waals surface area contributed by atoms with Crippen molar-refractivity contribution in [2.75, 3.05) is 26.7 Å². The maximum absolute atomic E-state index is 12.9. The van der Waals surface area contributed by atoms with E-state index in [1.165, 1.54) is 5.56 Å². The van der Waals surface area contributed by atoms with Crippen LogP contribution in [0.2, 0.25) is 0 Å².